The van der Waals surface area contributed by atoms with Crippen molar-refractivity contribution >= 4 is 35.3 Å². The number of hydrogen-bond donors (Lipinski definition) is 3. The van der Waals surface area contributed by atoms with Gasteiger partial charge in [-0.15, -0.1) is 12.4 Å². The molecule has 4 N–H and O–H groups in total. The molecule has 7 nitrogen and oxygen atoms in total. The summed E-state index contributed by atoms with van der Waals surface area (Å²) < 4.78 is 5.84. The largest absolute Gasteiger partial charge is 0.480 e. The Morgan fingerprint density at radius 3 is 2.72 bits per heavy atom. The Bertz CT molecular complexity index is 673. The fourth-order valence-corrected chi connectivity index (χ4v) is 1.51. The van der Waals surface area contributed by atoms with Crippen LogP contribution in [0.4, 0.5) is 0 Å². The van der Waals surface area contributed by atoms with Gasteiger partial charge in [0.1, 0.15) is 12.4 Å². The number of halogens is 1. The van der Waals surface area contributed by atoms with Crippen LogP contribution in [-0.2, 0) is 11.3 Å². The Kier molecular flexibility index (Phi) is 3.77. The van der Waals surface area contributed by atoms with Crippen molar-refractivity contribution < 1.29 is 14.3 Å². The van der Waals surface area contributed by atoms with Crippen LogP contribution in [0, 0.1) is 5.41 Å². The molecule has 1 heterocycles. The first-order chi connectivity index (χ1) is 7.99. The molecule has 0 saturated carbocycles. The molecule has 0 bridgehead atoms. The number of carbonyl (C=O) groups is 1. The second-order valence-electron chi connectivity index (χ2n) is 3.44. The van der Waals surface area contributed by atoms with Crippen LogP contribution in [0.1, 0.15) is 5.56 Å². The highest BCUT2D eigenvalue weighted by atomic mass is 35.5. The molecule has 0 unspecified atom stereocenters. The number of amidine groups is 1. The van der Waals surface area contributed by atoms with E-state index >= 15 is 0 Å². The van der Waals surface area contributed by atoms with Gasteiger partial charge in [-0.25, -0.2) is 4.79 Å². The lowest BCUT2D eigenvalue weighted by molar-refractivity contribution is -0.137. The highest BCUT2D eigenvalue weighted by Crippen LogP contribution is 2.14. The SMILES string of the molecule is Cl.N=C(N)c1ccc2oc(=O)n(CC(=O)O)c2c1. The summed E-state index contributed by atoms with van der Waals surface area (Å²) in [6.07, 6.45) is 0. The zero-order valence-electron chi connectivity index (χ0n) is 9.04. The van der Waals surface area contributed by atoms with Gasteiger partial charge in [-0.3, -0.25) is 14.8 Å². The number of fused-ring (bicyclic) bond motifs is 1. The lowest BCUT2D eigenvalue weighted by Gasteiger charge is -2.00. The molecule has 8 heteroatoms. The molecule has 0 radical (unpaired) electrons. The van der Waals surface area contributed by atoms with Crippen molar-refractivity contribution in [2.45, 2.75) is 6.54 Å². The third-order valence-corrected chi connectivity index (χ3v) is 2.27. The van der Waals surface area contributed by atoms with Crippen LogP contribution in [0.2, 0.25) is 0 Å². The van der Waals surface area contributed by atoms with E-state index in [4.69, 9.17) is 20.7 Å². The van der Waals surface area contributed by atoms with Crippen molar-refractivity contribution in [1.82, 2.24) is 4.57 Å². The molecule has 1 aromatic carbocycles. The molecular formula is C10H10ClN3O4. The van der Waals surface area contributed by atoms with Gasteiger partial charge in [0.25, 0.3) is 0 Å². The van der Waals surface area contributed by atoms with Crippen molar-refractivity contribution in [3.63, 3.8) is 0 Å². The minimum absolute atomic E-state index is 0. The monoisotopic (exact) mass is 271 g/mol. The summed E-state index contributed by atoms with van der Waals surface area (Å²) in [5.41, 5.74) is 6.29. The average molecular weight is 272 g/mol. The highest BCUT2D eigenvalue weighted by molar-refractivity contribution is 5.97. The van der Waals surface area contributed by atoms with Crippen LogP contribution in [0.3, 0.4) is 0 Å². The zero-order chi connectivity index (χ0) is 12.6. The van der Waals surface area contributed by atoms with E-state index in [0.29, 0.717) is 11.1 Å². The molecular weight excluding hydrogens is 262 g/mol. The standard InChI is InChI=1S/C10H9N3O4.ClH/c11-9(12)5-1-2-7-6(3-5)13(4-8(14)15)10(16)17-7;/h1-3H,4H2,(H3,11,12)(H,14,15);1H. The van der Waals surface area contributed by atoms with Crippen molar-refractivity contribution in [2.75, 3.05) is 0 Å². The molecule has 0 aliphatic carbocycles. The molecule has 0 spiro atoms. The van der Waals surface area contributed by atoms with Crippen LogP contribution < -0.4 is 11.5 Å². The van der Waals surface area contributed by atoms with Crippen molar-refractivity contribution in [3.8, 4) is 0 Å². The maximum Gasteiger partial charge on any atom is 0.420 e. The number of benzene rings is 1. The molecule has 0 saturated heterocycles. The second kappa shape index (κ2) is 4.92. The highest BCUT2D eigenvalue weighted by Gasteiger charge is 2.12. The van der Waals surface area contributed by atoms with E-state index < -0.39 is 18.3 Å². The topological polar surface area (TPSA) is 122 Å². The molecule has 0 aliphatic rings. The Morgan fingerprint density at radius 1 is 1.50 bits per heavy atom. The number of nitrogens with zero attached hydrogens (tertiary/aromatic N) is 1. The first kappa shape index (κ1) is 13.8. The molecule has 1 aromatic heterocycles. The molecule has 2 rings (SSSR count). The van der Waals surface area contributed by atoms with Gasteiger partial charge in [0.15, 0.2) is 5.58 Å². The van der Waals surface area contributed by atoms with Gasteiger partial charge in [-0.05, 0) is 18.2 Å². The van der Waals surface area contributed by atoms with Crippen LogP contribution >= 0.6 is 12.4 Å². The van der Waals surface area contributed by atoms with Crippen LogP contribution in [0.15, 0.2) is 27.4 Å². The Labute approximate surface area is 107 Å². The van der Waals surface area contributed by atoms with E-state index in [2.05, 4.69) is 0 Å². The number of carboxylic acid groups (broad SMARTS) is 1. The van der Waals surface area contributed by atoms with E-state index in [9.17, 15) is 9.59 Å². The Hall–Kier alpha value is -2.28. The fourth-order valence-electron chi connectivity index (χ4n) is 1.51. The molecule has 18 heavy (non-hydrogen) atoms. The fraction of sp³-hybridized carbons (Fsp3) is 0.100. The predicted molar refractivity (Wildman–Crippen MR) is 66.4 cm³/mol. The quantitative estimate of drug-likeness (QED) is 0.550. The normalized spacial score (nSPS) is 10.0. The van der Waals surface area contributed by atoms with Gasteiger partial charge in [0.05, 0.1) is 5.52 Å². The Morgan fingerprint density at radius 2 is 2.17 bits per heavy atom. The molecule has 2 aromatic rings. The van der Waals surface area contributed by atoms with Gasteiger partial charge in [0, 0.05) is 5.56 Å². The number of nitrogens with two attached hydrogens (primary N) is 1. The summed E-state index contributed by atoms with van der Waals surface area (Å²) >= 11 is 0. The van der Waals surface area contributed by atoms with Crippen LogP contribution in [-0.4, -0.2) is 21.5 Å². The molecule has 0 fully saturated rings. The van der Waals surface area contributed by atoms with E-state index in [1.807, 2.05) is 0 Å². The minimum Gasteiger partial charge on any atom is -0.480 e. The zero-order valence-corrected chi connectivity index (χ0v) is 9.86. The summed E-state index contributed by atoms with van der Waals surface area (Å²) in [6.45, 7) is -0.493. The summed E-state index contributed by atoms with van der Waals surface area (Å²) in [5, 5.41) is 16.0. The van der Waals surface area contributed by atoms with Crippen LogP contribution in [0.5, 0.6) is 0 Å². The van der Waals surface area contributed by atoms with E-state index in [0.717, 1.165) is 4.57 Å². The number of nitrogens with one attached hydrogen (secondary N) is 1. The van der Waals surface area contributed by atoms with Crippen molar-refractivity contribution in [3.05, 3.63) is 34.3 Å². The summed E-state index contributed by atoms with van der Waals surface area (Å²) in [5.74, 6) is -2.06. The van der Waals surface area contributed by atoms with Crippen molar-refractivity contribution in [1.29, 1.82) is 5.41 Å². The van der Waals surface area contributed by atoms with E-state index in [1.165, 1.54) is 18.2 Å². The molecule has 96 valence electrons. The lowest BCUT2D eigenvalue weighted by Crippen LogP contribution is -2.19. The smallest absolute Gasteiger partial charge is 0.420 e. The molecule has 0 aliphatic heterocycles. The summed E-state index contributed by atoms with van der Waals surface area (Å²) in [6, 6.07) is 4.45. The van der Waals surface area contributed by atoms with Gasteiger partial charge in [-0.1, -0.05) is 0 Å². The van der Waals surface area contributed by atoms with Crippen molar-refractivity contribution in [2.24, 2.45) is 5.73 Å². The average Bonchev–Trinajstić information content (AvgIpc) is 2.54. The summed E-state index contributed by atoms with van der Waals surface area (Å²) in [4.78, 5) is 22.0. The number of hydrogen-bond acceptors (Lipinski definition) is 4. The molecule has 0 atom stereocenters. The third kappa shape index (κ3) is 2.35. The predicted octanol–water partition coefficient (Wildman–Crippen LogP) is 0.385. The van der Waals surface area contributed by atoms with Crippen LogP contribution in [0.25, 0.3) is 11.1 Å². The summed E-state index contributed by atoms with van der Waals surface area (Å²) in [7, 11) is 0. The van der Waals surface area contributed by atoms with Gasteiger partial charge in [0.2, 0.25) is 0 Å². The number of aliphatic carboxylic acids is 1. The second-order valence-corrected chi connectivity index (χ2v) is 3.44. The maximum absolute atomic E-state index is 11.4. The first-order valence-electron chi connectivity index (χ1n) is 4.68. The Balaban J connectivity index is 0.00000162. The van der Waals surface area contributed by atoms with E-state index in [1.54, 1.807) is 0 Å². The number of nitrogen functional groups attached to an aromatic ring is 1. The number of carboxylic acids is 1. The number of rotatable bonds is 3. The first-order valence-corrected chi connectivity index (χ1v) is 4.68. The minimum atomic E-state index is -1.15. The lowest BCUT2D eigenvalue weighted by atomic mass is 10.2. The van der Waals surface area contributed by atoms with Gasteiger partial charge in [-0.2, -0.15) is 0 Å². The number of aromatic nitrogens is 1. The third-order valence-electron chi connectivity index (χ3n) is 2.27. The van der Waals surface area contributed by atoms with E-state index in [-0.39, 0.29) is 23.8 Å². The van der Waals surface area contributed by atoms with Gasteiger partial charge < -0.3 is 15.3 Å². The number of oxazole rings is 1. The maximum atomic E-state index is 11.4. The van der Waals surface area contributed by atoms with Gasteiger partial charge >= 0.3 is 11.7 Å². The molecule has 0 amide bonds.